The molecular formula is C23H24N4O5S. The SMILES string of the molecule is O=C(CN1C(=O)N[C@]2(CCc3ccccc32)C1=O)Nc1ccc(S(=O)(=O)N2CCCC2)cc1. The molecular weight excluding hydrogens is 444 g/mol. The predicted molar refractivity (Wildman–Crippen MR) is 120 cm³/mol. The van der Waals surface area contributed by atoms with E-state index in [9.17, 15) is 22.8 Å². The lowest BCUT2D eigenvalue weighted by molar-refractivity contribution is -0.134. The van der Waals surface area contributed by atoms with Crippen molar-refractivity contribution in [3.63, 3.8) is 0 Å². The van der Waals surface area contributed by atoms with Crippen LogP contribution in [0.15, 0.2) is 53.4 Å². The van der Waals surface area contributed by atoms with Crippen LogP contribution in [0.3, 0.4) is 0 Å². The Morgan fingerprint density at radius 2 is 1.73 bits per heavy atom. The van der Waals surface area contributed by atoms with Crippen LogP contribution in [0, 0.1) is 0 Å². The number of carbonyl (C=O) groups is 3. The van der Waals surface area contributed by atoms with Crippen molar-refractivity contribution in [2.45, 2.75) is 36.1 Å². The molecule has 2 heterocycles. The Kier molecular flexibility index (Phi) is 5.21. The second-order valence-corrected chi connectivity index (χ2v) is 10.5. The molecule has 9 nitrogen and oxygen atoms in total. The number of carbonyl (C=O) groups excluding carboxylic acids is 3. The van der Waals surface area contributed by atoms with Crippen LogP contribution in [0.1, 0.15) is 30.4 Å². The largest absolute Gasteiger partial charge is 0.325 e. The summed E-state index contributed by atoms with van der Waals surface area (Å²) in [7, 11) is -3.54. The number of nitrogens with zero attached hydrogens (tertiary/aromatic N) is 2. The summed E-state index contributed by atoms with van der Waals surface area (Å²) in [6.45, 7) is 0.597. The third-order valence-electron chi connectivity index (χ3n) is 6.56. The number of hydrogen-bond acceptors (Lipinski definition) is 5. The summed E-state index contributed by atoms with van der Waals surface area (Å²) in [6.07, 6.45) is 2.84. The standard InChI is InChI=1S/C23H24N4O5S/c28-20(24-17-7-9-18(10-8-17)33(31,32)26-13-3-4-14-26)15-27-21(29)23(25-22(27)30)12-11-16-5-1-2-6-19(16)23/h1-2,5-10H,3-4,11-15H2,(H,24,28)(H,25,30)/t23-/m0/s1. The molecule has 5 rings (SSSR count). The van der Waals surface area contributed by atoms with Crippen molar-refractivity contribution in [1.82, 2.24) is 14.5 Å². The predicted octanol–water partition coefficient (Wildman–Crippen LogP) is 1.80. The highest BCUT2D eigenvalue weighted by molar-refractivity contribution is 7.89. The maximum absolute atomic E-state index is 13.2. The van der Waals surface area contributed by atoms with E-state index in [1.807, 2.05) is 24.3 Å². The van der Waals surface area contributed by atoms with Gasteiger partial charge in [-0.2, -0.15) is 4.31 Å². The number of sulfonamides is 1. The maximum atomic E-state index is 13.2. The molecule has 1 spiro atoms. The van der Waals surface area contributed by atoms with Crippen molar-refractivity contribution in [3.05, 3.63) is 59.7 Å². The van der Waals surface area contributed by atoms with Gasteiger partial charge in [0.15, 0.2) is 0 Å². The van der Waals surface area contributed by atoms with Crippen molar-refractivity contribution < 1.29 is 22.8 Å². The van der Waals surface area contributed by atoms with E-state index in [1.165, 1.54) is 28.6 Å². The number of rotatable bonds is 5. The molecule has 0 saturated carbocycles. The molecule has 4 amide bonds. The number of hydrogen-bond donors (Lipinski definition) is 2. The monoisotopic (exact) mass is 468 g/mol. The number of amides is 4. The molecule has 3 aliphatic rings. The van der Waals surface area contributed by atoms with Gasteiger partial charge in [0.1, 0.15) is 12.1 Å². The van der Waals surface area contributed by atoms with E-state index < -0.39 is 40.0 Å². The molecule has 0 unspecified atom stereocenters. The normalized spacial score (nSPS) is 22.6. The maximum Gasteiger partial charge on any atom is 0.325 e. The fourth-order valence-electron chi connectivity index (χ4n) is 4.87. The Morgan fingerprint density at radius 1 is 1.03 bits per heavy atom. The number of nitrogens with one attached hydrogen (secondary N) is 2. The fraction of sp³-hybridized carbons (Fsp3) is 0.348. The zero-order valence-electron chi connectivity index (χ0n) is 17.9. The molecule has 2 saturated heterocycles. The number of imide groups is 1. The Hall–Kier alpha value is -3.24. The first-order chi connectivity index (χ1) is 15.8. The van der Waals surface area contributed by atoms with Gasteiger partial charge in [0.2, 0.25) is 15.9 Å². The van der Waals surface area contributed by atoms with Gasteiger partial charge in [0, 0.05) is 18.8 Å². The van der Waals surface area contributed by atoms with Gasteiger partial charge in [-0.05, 0) is 61.1 Å². The molecule has 2 fully saturated rings. The lowest BCUT2D eigenvalue weighted by Gasteiger charge is -2.22. The van der Waals surface area contributed by atoms with E-state index in [1.54, 1.807) is 0 Å². The highest BCUT2D eigenvalue weighted by atomic mass is 32.2. The van der Waals surface area contributed by atoms with Crippen molar-refractivity contribution in [2.75, 3.05) is 25.0 Å². The van der Waals surface area contributed by atoms with Crippen molar-refractivity contribution in [2.24, 2.45) is 0 Å². The van der Waals surface area contributed by atoms with Crippen LogP contribution in [-0.4, -0.2) is 55.1 Å². The average molecular weight is 469 g/mol. The smallest absolute Gasteiger partial charge is 0.325 e. The highest BCUT2D eigenvalue weighted by Crippen LogP contribution is 2.41. The van der Waals surface area contributed by atoms with E-state index >= 15 is 0 Å². The molecule has 2 aliphatic heterocycles. The quantitative estimate of drug-likeness (QED) is 0.650. The summed E-state index contributed by atoms with van der Waals surface area (Å²) in [6, 6.07) is 12.8. The molecule has 0 aromatic heterocycles. The molecule has 2 aromatic carbocycles. The Balaban J connectivity index is 1.26. The fourth-order valence-corrected chi connectivity index (χ4v) is 6.38. The van der Waals surface area contributed by atoms with Crippen LogP contribution in [0.5, 0.6) is 0 Å². The molecule has 0 bridgehead atoms. The van der Waals surface area contributed by atoms with E-state index in [-0.39, 0.29) is 4.90 Å². The van der Waals surface area contributed by atoms with E-state index in [0.717, 1.165) is 28.9 Å². The molecule has 172 valence electrons. The Bertz CT molecular complexity index is 1240. The van der Waals surface area contributed by atoms with Gasteiger partial charge in [-0.15, -0.1) is 0 Å². The second-order valence-electron chi connectivity index (χ2n) is 8.57. The average Bonchev–Trinajstić information content (AvgIpc) is 3.52. The molecule has 2 N–H and O–H groups in total. The Morgan fingerprint density at radius 3 is 2.45 bits per heavy atom. The van der Waals surface area contributed by atoms with Gasteiger partial charge in [0.25, 0.3) is 5.91 Å². The highest BCUT2D eigenvalue weighted by Gasteiger charge is 2.55. The molecule has 2 aromatic rings. The zero-order chi connectivity index (χ0) is 23.2. The number of anilines is 1. The van der Waals surface area contributed by atoms with E-state index in [2.05, 4.69) is 10.6 Å². The first kappa shape index (κ1) is 21.6. The van der Waals surface area contributed by atoms with Gasteiger partial charge >= 0.3 is 6.03 Å². The number of benzene rings is 2. The summed E-state index contributed by atoms with van der Waals surface area (Å²) in [4.78, 5) is 39.4. The van der Waals surface area contributed by atoms with Crippen molar-refractivity contribution >= 4 is 33.6 Å². The lowest BCUT2D eigenvalue weighted by atomic mass is 9.92. The minimum Gasteiger partial charge on any atom is -0.325 e. The first-order valence-electron chi connectivity index (χ1n) is 10.9. The van der Waals surface area contributed by atoms with Crippen LogP contribution in [0.2, 0.25) is 0 Å². The van der Waals surface area contributed by atoms with Gasteiger partial charge in [-0.1, -0.05) is 24.3 Å². The molecule has 1 atom stereocenters. The molecule has 10 heteroatoms. The van der Waals surface area contributed by atoms with Crippen LogP contribution >= 0.6 is 0 Å². The summed E-state index contributed by atoms with van der Waals surface area (Å²) in [5, 5.41) is 5.43. The van der Waals surface area contributed by atoms with E-state index in [0.29, 0.717) is 31.6 Å². The number of fused-ring (bicyclic) bond motifs is 2. The van der Waals surface area contributed by atoms with Crippen LogP contribution in [0.4, 0.5) is 10.5 Å². The minimum atomic E-state index is -3.54. The summed E-state index contributed by atoms with van der Waals surface area (Å²) >= 11 is 0. The second kappa shape index (κ2) is 7.96. The molecule has 1 aliphatic carbocycles. The molecule has 0 radical (unpaired) electrons. The van der Waals surface area contributed by atoms with Crippen molar-refractivity contribution in [1.29, 1.82) is 0 Å². The van der Waals surface area contributed by atoms with E-state index in [4.69, 9.17) is 0 Å². The van der Waals surface area contributed by atoms with Crippen LogP contribution < -0.4 is 10.6 Å². The number of aryl methyl sites for hydroxylation is 1. The summed E-state index contributed by atoms with van der Waals surface area (Å²) in [5.41, 5.74) is 1.07. The van der Waals surface area contributed by atoms with Crippen LogP contribution in [-0.2, 0) is 31.6 Å². The summed E-state index contributed by atoms with van der Waals surface area (Å²) in [5.74, 6) is -0.975. The van der Waals surface area contributed by atoms with Gasteiger partial charge in [-0.3, -0.25) is 14.5 Å². The lowest BCUT2D eigenvalue weighted by Crippen LogP contribution is -2.43. The molecule has 33 heavy (non-hydrogen) atoms. The van der Waals surface area contributed by atoms with Gasteiger partial charge < -0.3 is 10.6 Å². The Labute approximate surface area is 191 Å². The van der Waals surface area contributed by atoms with Gasteiger partial charge in [0.05, 0.1) is 4.90 Å². The third kappa shape index (κ3) is 3.59. The third-order valence-corrected chi connectivity index (χ3v) is 8.48. The van der Waals surface area contributed by atoms with Gasteiger partial charge in [-0.25, -0.2) is 13.2 Å². The topological polar surface area (TPSA) is 116 Å². The number of urea groups is 1. The van der Waals surface area contributed by atoms with Crippen LogP contribution in [0.25, 0.3) is 0 Å². The van der Waals surface area contributed by atoms with Crippen molar-refractivity contribution in [3.8, 4) is 0 Å². The summed E-state index contributed by atoms with van der Waals surface area (Å²) < 4.78 is 26.7. The minimum absolute atomic E-state index is 0.165. The zero-order valence-corrected chi connectivity index (χ0v) is 18.7. The first-order valence-corrected chi connectivity index (χ1v) is 12.4.